The van der Waals surface area contributed by atoms with Crippen LogP contribution in [0.2, 0.25) is 0 Å². The smallest absolute Gasteiger partial charge is 0.296 e. The fourth-order valence-corrected chi connectivity index (χ4v) is 4.88. The molecule has 1 heterocycles. The second kappa shape index (κ2) is 9.12. The summed E-state index contributed by atoms with van der Waals surface area (Å²) in [7, 11) is 0.137. The second-order valence-corrected chi connectivity index (χ2v) is 8.70. The summed E-state index contributed by atoms with van der Waals surface area (Å²) in [5, 5.41) is 6.07. The predicted molar refractivity (Wildman–Crippen MR) is 123 cm³/mol. The molecule has 3 N–H and O–H groups in total. The first-order valence-corrected chi connectivity index (χ1v) is 11.6. The number of aryl methyl sites for hydroxylation is 1. The summed E-state index contributed by atoms with van der Waals surface area (Å²) in [6.45, 7) is 0. The highest BCUT2D eigenvalue weighted by atomic mass is 32.2. The van der Waals surface area contributed by atoms with Crippen molar-refractivity contribution in [1.29, 1.82) is 0 Å². The summed E-state index contributed by atoms with van der Waals surface area (Å²) >= 11 is 0. The Morgan fingerprint density at radius 2 is 1.70 bits per heavy atom. The Morgan fingerprint density at radius 3 is 2.33 bits per heavy atom. The van der Waals surface area contributed by atoms with Gasteiger partial charge in [-0.3, -0.25) is 4.55 Å². The minimum atomic E-state index is -4.42. The lowest BCUT2D eigenvalue weighted by atomic mass is 10.1. The Labute approximate surface area is 191 Å². The van der Waals surface area contributed by atoms with Crippen LogP contribution in [0.5, 0.6) is 17.2 Å². The number of hydrogen-bond acceptors (Lipinski definition) is 9. The Bertz CT molecular complexity index is 1270. The van der Waals surface area contributed by atoms with Crippen LogP contribution in [0.15, 0.2) is 41.4 Å². The summed E-state index contributed by atoms with van der Waals surface area (Å²) in [4.78, 5) is 8.53. The van der Waals surface area contributed by atoms with Crippen LogP contribution in [0.1, 0.15) is 17.5 Å². The highest BCUT2D eigenvalue weighted by Crippen LogP contribution is 2.40. The van der Waals surface area contributed by atoms with Crippen molar-refractivity contribution in [3.8, 4) is 17.2 Å². The molecule has 4 rings (SSSR count). The number of hydrogen-bond donors (Lipinski definition) is 3. The number of nitrogens with zero attached hydrogens (tertiary/aromatic N) is 2. The molecule has 0 bridgehead atoms. The van der Waals surface area contributed by atoms with Crippen LogP contribution in [0.25, 0.3) is 0 Å². The molecule has 0 unspecified atom stereocenters. The molecule has 11 heteroatoms. The number of nitrogens with one attached hydrogen (secondary N) is 2. The van der Waals surface area contributed by atoms with E-state index in [9.17, 15) is 13.0 Å². The van der Waals surface area contributed by atoms with Gasteiger partial charge in [-0.2, -0.15) is 13.4 Å². The minimum absolute atomic E-state index is 0.102. The SMILES string of the molecule is COc1cc(Nc2nccc(Nc3ccc4c(c3S(=O)(=O)O)CCC4)n2)cc(OC)c1OC. The standard InChI is InChI=1S/C22H24N4O6S/c1-30-17-11-14(12-18(31-2)20(17)32-3)24-22-23-10-9-19(26-22)25-16-8-7-13-5-4-6-15(13)21(16)33(27,28)29/h7-12H,4-6H2,1-3H3,(H,27,28,29)(H2,23,24,25,26). The lowest BCUT2D eigenvalue weighted by Crippen LogP contribution is -2.08. The van der Waals surface area contributed by atoms with Gasteiger partial charge in [-0.25, -0.2) is 4.98 Å². The summed E-state index contributed by atoms with van der Waals surface area (Å²) in [6, 6.07) is 8.53. The molecule has 1 aromatic heterocycles. The van der Waals surface area contributed by atoms with Crippen molar-refractivity contribution in [2.45, 2.75) is 24.2 Å². The fraction of sp³-hybridized carbons (Fsp3) is 0.273. The Balaban J connectivity index is 1.64. The van der Waals surface area contributed by atoms with Crippen molar-refractivity contribution < 1.29 is 27.2 Å². The lowest BCUT2D eigenvalue weighted by molar-refractivity contribution is 0.324. The maximum absolute atomic E-state index is 12.1. The molecule has 0 saturated heterocycles. The van der Waals surface area contributed by atoms with Gasteiger partial charge in [-0.05, 0) is 42.5 Å². The van der Waals surface area contributed by atoms with Gasteiger partial charge in [0.25, 0.3) is 10.1 Å². The van der Waals surface area contributed by atoms with Gasteiger partial charge in [0.05, 0.1) is 27.0 Å². The summed E-state index contributed by atoms with van der Waals surface area (Å²) < 4.78 is 50.2. The predicted octanol–water partition coefficient (Wildman–Crippen LogP) is 3.73. The number of benzene rings is 2. The van der Waals surface area contributed by atoms with Crippen LogP contribution in [0, 0.1) is 0 Å². The maximum atomic E-state index is 12.1. The van der Waals surface area contributed by atoms with Gasteiger partial charge in [0.1, 0.15) is 10.7 Å². The number of ether oxygens (including phenoxy) is 3. The molecular formula is C22H24N4O6S. The van der Waals surface area contributed by atoms with Gasteiger partial charge >= 0.3 is 0 Å². The molecule has 3 aromatic rings. The first-order chi connectivity index (χ1) is 15.8. The van der Waals surface area contributed by atoms with E-state index in [0.717, 1.165) is 18.4 Å². The monoisotopic (exact) mass is 472 g/mol. The average Bonchev–Trinajstić information content (AvgIpc) is 3.26. The minimum Gasteiger partial charge on any atom is -0.493 e. The molecule has 0 spiro atoms. The van der Waals surface area contributed by atoms with Gasteiger partial charge in [0.15, 0.2) is 11.5 Å². The van der Waals surface area contributed by atoms with E-state index in [-0.39, 0.29) is 16.5 Å². The van der Waals surface area contributed by atoms with Crippen molar-refractivity contribution in [1.82, 2.24) is 9.97 Å². The van der Waals surface area contributed by atoms with E-state index in [1.54, 1.807) is 24.3 Å². The van der Waals surface area contributed by atoms with E-state index in [4.69, 9.17) is 14.2 Å². The molecule has 10 nitrogen and oxygen atoms in total. The number of aromatic nitrogens is 2. The number of fused-ring (bicyclic) bond motifs is 1. The first-order valence-electron chi connectivity index (χ1n) is 10.1. The van der Waals surface area contributed by atoms with Crippen LogP contribution in [-0.4, -0.2) is 44.3 Å². The van der Waals surface area contributed by atoms with Gasteiger partial charge in [-0.15, -0.1) is 0 Å². The molecule has 0 radical (unpaired) electrons. The molecule has 1 aliphatic carbocycles. The van der Waals surface area contributed by atoms with Crippen LogP contribution < -0.4 is 24.8 Å². The Hall–Kier alpha value is -3.57. The van der Waals surface area contributed by atoms with Crippen molar-refractivity contribution in [3.05, 3.63) is 47.7 Å². The van der Waals surface area contributed by atoms with E-state index >= 15 is 0 Å². The van der Waals surface area contributed by atoms with Crippen molar-refractivity contribution in [2.24, 2.45) is 0 Å². The third-order valence-electron chi connectivity index (χ3n) is 5.33. The molecule has 0 atom stereocenters. The molecule has 33 heavy (non-hydrogen) atoms. The molecule has 0 saturated carbocycles. The van der Waals surface area contributed by atoms with Crippen LogP contribution in [-0.2, 0) is 23.0 Å². The molecule has 0 fully saturated rings. The third kappa shape index (κ3) is 4.64. The Kier molecular flexibility index (Phi) is 6.25. The lowest BCUT2D eigenvalue weighted by Gasteiger charge is -2.15. The molecule has 0 aliphatic heterocycles. The zero-order valence-corrected chi connectivity index (χ0v) is 19.2. The molecular weight excluding hydrogens is 448 g/mol. The highest BCUT2D eigenvalue weighted by Gasteiger charge is 2.26. The fourth-order valence-electron chi connectivity index (χ4n) is 3.93. The topological polar surface area (TPSA) is 132 Å². The van der Waals surface area contributed by atoms with Gasteiger partial charge in [-0.1, -0.05) is 6.07 Å². The zero-order chi connectivity index (χ0) is 23.6. The third-order valence-corrected chi connectivity index (χ3v) is 6.31. The van der Waals surface area contributed by atoms with Gasteiger partial charge < -0.3 is 24.8 Å². The quantitative estimate of drug-likeness (QED) is 0.417. The molecule has 2 aromatic carbocycles. The van der Waals surface area contributed by atoms with Gasteiger partial charge in [0.2, 0.25) is 11.7 Å². The zero-order valence-electron chi connectivity index (χ0n) is 18.4. The molecule has 174 valence electrons. The van der Waals surface area contributed by atoms with E-state index in [0.29, 0.717) is 40.7 Å². The summed E-state index contributed by atoms with van der Waals surface area (Å²) in [5.41, 5.74) is 2.43. The van der Waals surface area contributed by atoms with Crippen molar-refractivity contribution >= 4 is 33.3 Å². The number of anilines is 4. The van der Waals surface area contributed by atoms with Crippen molar-refractivity contribution in [3.63, 3.8) is 0 Å². The van der Waals surface area contributed by atoms with Crippen LogP contribution in [0.4, 0.5) is 23.1 Å². The highest BCUT2D eigenvalue weighted by molar-refractivity contribution is 7.86. The van der Waals surface area contributed by atoms with Gasteiger partial charge in [0, 0.05) is 24.0 Å². The van der Waals surface area contributed by atoms with E-state index < -0.39 is 10.1 Å². The number of rotatable bonds is 8. The van der Waals surface area contributed by atoms with E-state index in [2.05, 4.69) is 20.6 Å². The number of methoxy groups -OCH3 is 3. The van der Waals surface area contributed by atoms with E-state index in [1.165, 1.54) is 27.5 Å². The largest absolute Gasteiger partial charge is 0.493 e. The molecule has 1 aliphatic rings. The Morgan fingerprint density at radius 1 is 0.970 bits per heavy atom. The normalized spacial score (nSPS) is 12.7. The summed E-state index contributed by atoms with van der Waals surface area (Å²) in [5.74, 6) is 1.98. The molecule has 0 amide bonds. The second-order valence-electron chi connectivity index (χ2n) is 7.34. The average molecular weight is 473 g/mol. The van der Waals surface area contributed by atoms with Crippen LogP contribution in [0.3, 0.4) is 0 Å². The first kappa shape index (κ1) is 22.6. The van der Waals surface area contributed by atoms with Crippen molar-refractivity contribution in [2.75, 3.05) is 32.0 Å². The summed E-state index contributed by atoms with van der Waals surface area (Å²) in [6.07, 6.45) is 3.75. The maximum Gasteiger partial charge on any atom is 0.296 e. The van der Waals surface area contributed by atoms with E-state index in [1.807, 2.05) is 6.07 Å². The van der Waals surface area contributed by atoms with Crippen LogP contribution >= 0.6 is 0 Å².